The largest absolute Gasteiger partial charge is 0.352 e. The highest BCUT2D eigenvalue weighted by Crippen LogP contribution is 2.36. The summed E-state index contributed by atoms with van der Waals surface area (Å²) >= 11 is 6.34. The monoisotopic (exact) mass is 406 g/mol. The van der Waals surface area contributed by atoms with E-state index in [0.29, 0.717) is 35.9 Å². The zero-order chi connectivity index (χ0) is 19.7. The number of nitrogens with one attached hydrogen (secondary N) is 1. The number of amides is 1. The summed E-state index contributed by atoms with van der Waals surface area (Å²) in [4.78, 5) is 17.6. The lowest BCUT2D eigenvalue weighted by atomic mass is 9.87. The summed E-state index contributed by atoms with van der Waals surface area (Å²) < 4.78 is 26.6. The average Bonchev–Trinajstić information content (AvgIpc) is 3.21. The molecule has 1 aromatic heterocycles. The van der Waals surface area contributed by atoms with Gasteiger partial charge >= 0.3 is 0 Å². The van der Waals surface area contributed by atoms with Crippen molar-refractivity contribution in [1.82, 2.24) is 10.3 Å². The predicted molar refractivity (Wildman–Crippen MR) is 107 cm³/mol. The first kappa shape index (κ1) is 19.6. The second-order valence-corrected chi connectivity index (χ2v) is 8.62. The molecule has 2 aliphatic carbocycles. The number of hydrogen-bond acceptors (Lipinski definition) is 2. The molecule has 0 aliphatic heterocycles. The molecule has 0 spiro atoms. The summed E-state index contributed by atoms with van der Waals surface area (Å²) in [5.41, 5.74) is 2.28. The van der Waals surface area contributed by atoms with E-state index in [0.717, 1.165) is 16.6 Å². The van der Waals surface area contributed by atoms with Gasteiger partial charge in [-0.3, -0.25) is 9.78 Å². The lowest BCUT2D eigenvalue weighted by Gasteiger charge is -2.28. The molecule has 1 N–H and O–H groups in total. The molecule has 2 aromatic rings. The molecule has 150 valence electrons. The molecule has 3 nitrogen and oxygen atoms in total. The molecule has 6 heteroatoms. The van der Waals surface area contributed by atoms with Gasteiger partial charge in [-0.15, -0.1) is 0 Å². The normalized spacial score (nSPS) is 20.5. The fraction of sp³-hybridized carbons (Fsp3) is 0.545. The summed E-state index contributed by atoms with van der Waals surface area (Å²) in [7, 11) is 0. The number of fused-ring (bicyclic) bond motifs is 1. The molecule has 2 fully saturated rings. The molecule has 1 aromatic carbocycles. The van der Waals surface area contributed by atoms with Crippen molar-refractivity contribution < 1.29 is 13.6 Å². The Morgan fingerprint density at radius 1 is 1.11 bits per heavy atom. The quantitative estimate of drug-likeness (QED) is 0.666. The number of benzene rings is 1. The predicted octanol–water partition coefficient (Wildman–Crippen LogP) is 6.10. The molecule has 28 heavy (non-hydrogen) atoms. The molecule has 0 unspecified atom stereocenters. The third-order valence-corrected chi connectivity index (χ3v) is 6.55. The van der Waals surface area contributed by atoms with Crippen LogP contribution in [0.25, 0.3) is 10.9 Å². The van der Waals surface area contributed by atoms with Gasteiger partial charge in [-0.2, -0.15) is 0 Å². The summed E-state index contributed by atoms with van der Waals surface area (Å²) in [6, 6.07) is 7.52. The second kappa shape index (κ2) is 7.94. The number of aromatic nitrogens is 1. The second-order valence-electron chi connectivity index (χ2n) is 8.22. The van der Waals surface area contributed by atoms with Gasteiger partial charge in [0, 0.05) is 36.4 Å². The van der Waals surface area contributed by atoms with Crippen LogP contribution in [-0.4, -0.2) is 23.4 Å². The highest BCUT2D eigenvalue weighted by Gasteiger charge is 2.35. The highest BCUT2D eigenvalue weighted by molar-refractivity contribution is 6.35. The topological polar surface area (TPSA) is 42.0 Å². The lowest BCUT2D eigenvalue weighted by molar-refractivity contribution is -0.0452. The Labute approximate surface area is 168 Å². The first-order valence-electron chi connectivity index (χ1n) is 10.2. The molecule has 2 aliphatic rings. The van der Waals surface area contributed by atoms with E-state index < -0.39 is 5.92 Å². The van der Waals surface area contributed by atoms with Gasteiger partial charge < -0.3 is 5.32 Å². The van der Waals surface area contributed by atoms with Crippen LogP contribution < -0.4 is 5.32 Å². The van der Waals surface area contributed by atoms with Crippen molar-refractivity contribution in [3.8, 4) is 0 Å². The van der Waals surface area contributed by atoms with Crippen molar-refractivity contribution in [1.29, 1.82) is 0 Å². The van der Waals surface area contributed by atoms with E-state index >= 15 is 0 Å². The number of hydrogen-bond donors (Lipinski definition) is 1. The number of carbonyl (C=O) groups is 1. The van der Waals surface area contributed by atoms with Crippen LogP contribution in [0.15, 0.2) is 24.3 Å². The zero-order valence-corrected chi connectivity index (χ0v) is 16.6. The number of rotatable bonds is 4. The molecule has 1 heterocycles. The molecule has 1 amide bonds. The Balaban J connectivity index is 1.50. The van der Waals surface area contributed by atoms with Crippen LogP contribution in [-0.2, 0) is 0 Å². The minimum absolute atomic E-state index is 0.0874. The van der Waals surface area contributed by atoms with Crippen LogP contribution in [0.5, 0.6) is 0 Å². The van der Waals surface area contributed by atoms with Crippen molar-refractivity contribution in [3.05, 3.63) is 40.5 Å². The van der Waals surface area contributed by atoms with Gasteiger partial charge in [0.05, 0.1) is 16.1 Å². The molecule has 0 bridgehead atoms. The Morgan fingerprint density at radius 3 is 2.54 bits per heavy atom. The maximum atomic E-state index is 13.3. The highest BCUT2D eigenvalue weighted by atomic mass is 35.5. The number of carbonyl (C=O) groups excluding carboxylic acids is 1. The maximum Gasteiger partial charge on any atom is 0.253 e. The lowest BCUT2D eigenvalue weighted by Crippen LogP contribution is -2.34. The van der Waals surface area contributed by atoms with Gasteiger partial charge in [0.25, 0.3) is 5.91 Å². The smallest absolute Gasteiger partial charge is 0.253 e. The van der Waals surface area contributed by atoms with Gasteiger partial charge in [0.15, 0.2) is 0 Å². The Hall–Kier alpha value is -1.75. The Kier molecular flexibility index (Phi) is 5.55. The minimum Gasteiger partial charge on any atom is -0.352 e. The fourth-order valence-corrected chi connectivity index (χ4v) is 4.75. The molecule has 0 atom stereocenters. The van der Waals surface area contributed by atoms with Crippen LogP contribution in [0.3, 0.4) is 0 Å². The first-order chi connectivity index (χ1) is 13.4. The van der Waals surface area contributed by atoms with E-state index in [1.165, 1.54) is 25.7 Å². The van der Waals surface area contributed by atoms with E-state index in [-0.39, 0.29) is 24.7 Å². The van der Waals surface area contributed by atoms with Crippen molar-refractivity contribution in [2.75, 3.05) is 6.54 Å². The number of halogens is 3. The molecule has 4 rings (SSSR count). The van der Waals surface area contributed by atoms with Gasteiger partial charge in [0.1, 0.15) is 0 Å². The van der Waals surface area contributed by atoms with Crippen molar-refractivity contribution in [2.24, 2.45) is 5.92 Å². The van der Waals surface area contributed by atoms with Gasteiger partial charge in [-0.1, -0.05) is 30.5 Å². The van der Waals surface area contributed by atoms with Gasteiger partial charge in [-0.05, 0) is 49.8 Å². The Morgan fingerprint density at radius 2 is 1.82 bits per heavy atom. The first-order valence-corrected chi connectivity index (χ1v) is 10.6. The molecular weight excluding hydrogens is 382 g/mol. The van der Waals surface area contributed by atoms with E-state index in [1.807, 2.05) is 18.2 Å². The number of alkyl halides is 2. The van der Waals surface area contributed by atoms with Gasteiger partial charge in [-0.25, -0.2) is 8.78 Å². The summed E-state index contributed by atoms with van der Waals surface area (Å²) in [6.45, 7) is 0.398. The summed E-state index contributed by atoms with van der Waals surface area (Å²) in [5.74, 6) is -2.23. The van der Waals surface area contributed by atoms with Gasteiger partial charge in [0.2, 0.25) is 5.92 Å². The van der Waals surface area contributed by atoms with Crippen LogP contribution in [0.1, 0.15) is 73.3 Å². The van der Waals surface area contributed by atoms with E-state index in [4.69, 9.17) is 16.6 Å². The summed E-state index contributed by atoms with van der Waals surface area (Å²) in [5, 5.41) is 4.03. The van der Waals surface area contributed by atoms with E-state index in [9.17, 15) is 13.6 Å². The van der Waals surface area contributed by atoms with Crippen molar-refractivity contribution in [2.45, 2.75) is 63.2 Å². The molecule has 0 saturated heterocycles. The van der Waals surface area contributed by atoms with Crippen molar-refractivity contribution >= 4 is 28.4 Å². The van der Waals surface area contributed by atoms with Crippen molar-refractivity contribution in [3.63, 3.8) is 0 Å². The van der Waals surface area contributed by atoms with Crippen LogP contribution >= 0.6 is 11.6 Å². The average molecular weight is 407 g/mol. The molecular formula is C22H25ClF2N2O. The number of nitrogens with zero attached hydrogens (tertiary/aromatic N) is 1. The number of pyridine rings is 1. The van der Waals surface area contributed by atoms with Crippen LogP contribution in [0.2, 0.25) is 5.02 Å². The molecule has 2 saturated carbocycles. The van der Waals surface area contributed by atoms with Crippen LogP contribution in [0, 0.1) is 5.92 Å². The molecule has 0 radical (unpaired) electrons. The van der Waals surface area contributed by atoms with Crippen LogP contribution in [0.4, 0.5) is 8.78 Å². The SMILES string of the molecule is O=C(NCC1CCC(F)(F)CC1)c1c(Cl)ccc2nc(C3CCCC3)ccc12. The maximum absolute atomic E-state index is 13.3. The fourth-order valence-electron chi connectivity index (χ4n) is 4.50. The third-order valence-electron chi connectivity index (χ3n) is 6.23. The minimum atomic E-state index is -2.55. The standard InChI is InChI=1S/C22H25ClF2N2O/c23-17-6-8-19-16(5-7-18(27-19)15-3-1-2-4-15)20(17)21(28)26-13-14-9-11-22(24,25)12-10-14/h5-8,14-15H,1-4,9-13H2,(H,26,28). The Bertz CT molecular complexity index is 870. The zero-order valence-electron chi connectivity index (χ0n) is 15.8. The summed E-state index contributed by atoms with van der Waals surface area (Å²) in [6.07, 6.45) is 5.48. The van der Waals surface area contributed by atoms with E-state index in [2.05, 4.69) is 5.32 Å². The van der Waals surface area contributed by atoms with E-state index in [1.54, 1.807) is 6.07 Å². The third kappa shape index (κ3) is 4.14.